The summed E-state index contributed by atoms with van der Waals surface area (Å²) in [5.74, 6) is 0.647. The van der Waals surface area contributed by atoms with Crippen LogP contribution in [0.5, 0.6) is 0 Å². The van der Waals surface area contributed by atoms with Crippen molar-refractivity contribution >= 4 is 5.78 Å². The van der Waals surface area contributed by atoms with Crippen molar-refractivity contribution in [3.05, 3.63) is 47.2 Å². The third-order valence-electron chi connectivity index (χ3n) is 3.65. The van der Waals surface area contributed by atoms with Crippen LogP contribution in [0.1, 0.15) is 23.5 Å². The van der Waals surface area contributed by atoms with Crippen molar-refractivity contribution in [3.8, 4) is 0 Å². The summed E-state index contributed by atoms with van der Waals surface area (Å²) < 4.78 is 0. The lowest BCUT2D eigenvalue weighted by atomic mass is 9.95. The molecule has 0 radical (unpaired) electrons. The van der Waals surface area contributed by atoms with E-state index in [0.717, 1.165) is 12.7 Å². The summed E-state index contributed by atoms with van der Waals surface area (Å²) in [6.45, 7) is 0. The van der Waals surface area contributed by atoms with Crippen LogP contribution in [0, 0.1) is 5.92 Å². The van der Waals surface area contributed by atoms with E-state index in [-0.39, 0.29) is 11.7 Å². The maximum Gasteiger partial charge on any atom is 0.162 e. The molecule has 0 aromatic heterocycles. The number of rotatable bonds is 0. The maximum atomic E-state index is 11.6. The number of hydrogen-bond acceptors (Lipinski definition) is 2. The molecule has 15 heavy (non-hydrogen) atoms. The Morgan fingerprint density at radius 2 is 2.00 bits per heavy atom. The first kappa shape index (κ1) is 8.72. The third-order valence-corrected chi connectivity index (χ3v) is 3.65. The van der Waals surface area contributed by atoms with Gasteiger partial charge >= 0.3 is 0 Å². The second kappa shape index (κ2) is 2.96. The van der Waals surface area contributed by atoms with Gasteiger partial charge < -0.3 is 5.11 Å². The molecule has 76 valence electrons. The molecule has 2 heteroatoms. The van der Waals surface area contributed by atoms with Crippen LogP contribution >= 0.6 is 0 Å². The lowest BCUT2D eigenvalue weighted by molar-refractivity contribution is -0.114. The Kier molecular flexibility index (Phi) is 1.72. The minimum Gasteiger partial charge on any atom is -0.515 e. The second-order valence-electron chi connectivity index (χ2n) is 4.33. The molecule has 0 saturated heterocycles. The third kappa shape index (κ3) is 1.08. The number of carbonyl (C=O) groups excluding carboxylic acids is 1. The smallest absolute Gasteiger partial charge is 0.162 e. The molecule has 0 heterocycles. The van der Waals surface area contributed by atoms with E-state index in [4.69, 9.17) is 5.11 Å². The molecular weight excluding hydrogens is 188 g/mol. The maximum absolute atomic E-state index is 11.6. The lowest BCUT2D eigenvalue weighted by Gasteiger charge is -2.08. The van der Waals surface area contributed by atoms with Gasteiger partial charge in [0.2, 0.25) is 0 Å². The normalized spacial score (nSPS) is 30.7. The summed E-state index contributed by atoms with van der Waals surface area (Å²) in [4.78, 5) is 11.6. The molecule has 0 bridgehead atoms. The molecule has 1 N–H and O–H groups in total. The van der Waals surface area contributed by atoms with Crippen molar-refractivity contribution < 1.29 is 9.90 Å². The monoisotopic (exact) mass is 200 g/mol. The van der Waals surface area contributed by atoms with Crippen molar-refractivity contribution in [3.63, 3.8) is 0 Å². The average Bonchev–Trinajstić information content (AvgIpc) is 2.72. The molecule has 1 fully saturated rings. The first-order chi connectivity index (χ1) is 7.31. The van der Waals surface area contributed by atoms with Crippen LogP contribution in [-0.4, -0.2) is 10.9 Å². The average molecular weight is 200 g/mol. The Morgan fingerprint density at radius 1 is 1.20 bits per heavy atom. The molecule has 0 amide bonds. The van der Waals surface area contributed by atoms with Crippen LogP contribution in [0.4, 0.5) is 0 Å². The largest absolute Gasteiger partial charge is 0.515 e. The zero-order chi connectivity index (χ0) is 10.4. The van der Waals surface area contributed by atoms with Crippen molar-refractivity contribution in [1.29, 1.82) is 0 Å². The van der Waals surface area contributed by atoms with E-state index in [1.807, 2.05) is 12.1 Å². The van der Waals surface area contributed by atoms with E-state index in [9.17, 15) is 4.79 Å². The van der Waals surface area contributed by atoms with E-state index in [1.165, 1.54) is 11.1 Å². The molecule has 0 spiro atoms. The first-order valence-electron chi connectivity index (χ1n) is 5.26. The standard InChI is InChI=1S/C13H12O2/c14-7-12-10-5-8-3-1-2-4-9(8)11(10)6-13(12)15/h1-4,7,10-11,14H,5-6H2/b12-7+. The highest BCUT2D eigenvalue weighted by molar-refractivity contribution is 5.99. The number of hydrogen-bond donors (Lipinski definition) is 1. The fourth-order valence-corrected chi connectivity index (χ4v) is 2.95. The van der Waals surface area contributed by atoms with E-state index in [1.54, 1.807) is 0 Å². The van der Waals surface area contributed by atoms with Gasteiger partial charge in [0, 0.05) is 17.9 Å². The van der Waals surface area contributed by atoms with Gasteiger partial charge in [-0.1, -0.05) is 24.3 Å². The number of carbonyl (C=O) groups is 1. The highest BCUT2D eigenvalue weighted by Crippen LogP contribution is 2.49. The SMILES string of the molecule is O=C1CC2c3ccccc3CC2/C1=C\O. The summed E-state index contributed by atoms with van der Waals surface area (Å²) in [7, 11) is 0. The van der Waals surface area contributed by atoms with E-state index >= 15 is 0 Å². The van der Waals surface area contributed by atoms with Crippen LogP contribution in [0.25, 0.3) is 0 Å². The van der Waals surface area contributed by atoms with Crippen LogP contribution in [-0.2, 0) is 11.2 Å². The van der Waals surface area contributed by atoms with Crippen LogP contribution in [0.2, 0.25) is 0 Å². The van der Waals surface area contributed by atoms with Gasteiger partial charge in [-0.3, -0.25) is 4.79 Å². The van der Waals surface area contributed by atoms with Crippen molar-refractivity contribution in [2.75, 3.05) is 0 Å². The first-order valence-corrected chi connectivity index (χ1v) is 5.26. The topological polar surface area (TPSA) is 37.3 Å². The summed E-state index contributed by atoms with van der Waals surface area (Å²) >= 11 is 0. The molecule has 2 aliphatic carbocycles. The van der Waals surface area contributed by atoms with Crippen LogP contribution in [0.15, 0.2) is 36.1 Å². The molecular formula is C13H12O2. The molecule has 2 atom stereocenters. The van der Waals surface area contributed by atoms with Crippen molar-refractivity contribution in [2.45, 2.75) is 18.8 Å². The Hall–Kier alpha value is -1.57. The molecule has 1 aromatic rings. The van der Waals surface area contributed by atoms with Crippen molar-refractivity contribution in [2.24, 2.45) is 5.92 Å². The van der Waals surface area contributed by atoms with Crippen molar-refractivity contribution in [1.82, 2.24) is 0 Å². The number of ketones is 1. The highest BCUT2D eigenvalue weighted by Gasteiger charge is 2.43. The summed E-state index contributed by atoms with van der Waals surface area (Å²) in [5.41, 5.74) is 3.25. The van der Waals surface area contributed by atoms with Gasteiger partial charge in [0.25, 0.3) is 0 Å². The Morgan fingerprint density at radius 3 is 2.80 bits per heavy atom. The number of Topliss-reactive ketones (excluding diaryl/α,β-unsaturated/α-hetero) is 1. The molecule has 2 unspecified atom stereocenters. The molecule has 1 aromatic carbocycles. The zero-order valence-electron chi connectivity index (χ0n) is 8.31. The summed E-state index contributed by atoms with van der Waals surface area (Å²) in [6.07, 6.45) is 2.48. The minimum atomic E-state index is 0.113. The van der Waals surface area contributed by atoms with Gasteiger partial charge in [-0.05, 0) is 23.5 Å². The fraction of sp³-hybridized carbons (Fsp3) is 0.308. The molecule has 2 aliphatic rings. The molecule has 1 saturated carbocycles. The molecule has 2 nitrogen and oxygen atoms in total. The summed E-state index contributed by atoms with van der Waals surface area (Å²) in [6, 6.07) is 8.27. The highest BCUT2D eigenvalue weighted by atomic mass is 16.2. The summed E-state index contributed by atoms with van der Waals surface area (Å²) in [5, 5.41) is 9.08. The van der Waals surface area contributed by atoms with Crippen LogP contribution in [0.3, 0.4) is 0 Å². The predicted octanol–water partition coefficient (Wildman–Crippen LogP) is 2.36. The minimum absolute atomic E-state index is 0.113. The van der Waals surface area contributed by atoms with Gasteiger partial charge in [-0.15, -0.1) is 0 Å². The van der Waals surface area contributed by atoms with Gasteiger partial charge in [-0.2, -0.15) is 0 Å². The van der Waals surface area contributed by atoms with Crippen LogP contribution < -0.4 is 0 Å². The van der Waals surface area contributed by atoms with E-state index in [0.29, 0.717) is 17.9 Å². The van der Waals surface area contributed by atoms with Gasteiger partial charge in [0.05, 0.1) is 6.26 Å². The number of fused-ring (bicyclic) bond motifs is 3. The number of aliphatic hydroxyl groups excluding tert-OH is 1. The van der Waals surface area contributed by atoms with Gasteiger partial charge in [-0.25, -0.2) is 0 Å². The molecule has 3 rings (SSSR count). The quantitative estimate of drug-likeness (QED) is 0.515. The Bertz CT molecular complexity index is 459. The Balaban J connectivity index is 2.08. The lowest BCUT2D eigenvalue weighted by Crippen LogP contribution is -2.03. The number of aliphatic hydroxyl groups is 1. The van der Waals surface area contributed by atoms with Gasteiger partial charge in [0.15, 0.2) is 5.78 Å². The second-order valence-corrected chi connectivity index (χ2v) is 4.33. The fourth-order valence-electron chi connectivity index (χ4n) is 2.95. The van der Waals surface area contributed by atoms with E-state index < -0.39 is 0 Å². The Labute approximate surface area is 88.2 Å². The van der Waals surface area contributed by atoms with Gasteiger partial charge in [0.1, 0.15) is 0 Å². The number of benzene rings is 1. The van der Waals surface area contributed by atoms with E-state index in [2.05, 4.69) is 12.1 Å². The number of allylic oxidation sites excluding steroid dienone is 1. The predicted molar refractivity (Wildman–Crippen MR) is 56.7 cm³/mol. The zero-order valence-corrected chi connectivity index (χ0v) is 8.31. The molecule has 0 aliphatic heterocycles.